The van der Waals surface area contributed by atoms with Crippen molar-refractivity contribution in [2.75, 3.05) is 18.5 Å². The number of thiocarbonyl (C=S) groups is 1. The van der Waals surface area contributed by atoms with E-state index in [4.69, 9.17) is 21.7 Å². The van der Waals surface area contributed by atoms with E-state index in [0.29, 0.717) is 24.5 Å². The Labute approximate surface area is 182 Å². The van der Waals surface area contributed by atoms with Gasteiger partial charge >= 0.3 is 0 Å². The fraction of sp³-hybridized carbons (Fsp3) is 0.167. The second kappa shape index (κ2) is 11.0. The van der Waals surface area contributed by atoms with Gasteiger partial charge in [-0.15, -0.1) is 0 Å². The summed E-state index contributed by atoms with van der Waals surface area (Å²) in [6, 6.07) is 24.6. The van der Waals surface area contributed by atoms with Crippen LogP contribution >= 0.6 is 12.2 Å². The number of para-hydroxylation sites is 1. The van der Waals surface area contributed by atoms with E-state index in [9.17, 15) is 4.79 Å². The SMILES string of the molecule is CCOc1cccc(NC(=S)NC(=O)c2ccccc2OCCc2ccccc2)c1. The summed E-state index contributed by atoms with van der Waals surface area (Å²) in [5.41, 5.74) is 2.34. The summed E-state index contributed by atoms with van der Waals surface area (Å²) in [6.45, 7) is 2.97. The molecule has 0 heterocycles. The Morgan fingerprint density at radius 1 is 0.933 bits per heavy atom. The number of ether oxygens (including phenoxy) is 2. The summed E-state index contributed by atoms with van der Waals surface area (Å²) >= 11 is 5.29. The van der Waals surface area contributed by atoms with E-state index in [0.717, 1.165) is 17.9 Å². The molecule has 2 N–H and O–H groups in total. The van der Waals surface area contributed by atoms with Gasteiger partial charge in [0, 0.05) is 18.2 Å². The molecule has 0 spiro atoms. The molecule has 30 heavy (non-hydrogen) atoms. The standard InChI is InChI=1S/C24H24N2O3S/c1-2-28-20-12-8-11-19(17-20)25-24(30)26-23(27)21-13-6-7-14-22(21)29-16-15-18-9-4-3-5-10-18/h3-14,17H,2,15-16H2,1H3,(H2,25,26,27,30). The van der Waals surface area contributed by atoms with Crippen molar-refractivity contribution in [2.24, 2.45) is 0 Å². The molecule has 3 rings (SSSR count). The van der Waals surface area contributed by atoms with Crippen molar-refractivity contribution in [1.82, 2.24) is 5.32 Å². The smallest absolute Gasteiger partial charge is 0.261 e. The van der Waals surface area contributed by atoms with Crippen LogP contribution in [0.15, 0.2) is 78.9 Å². The molecule has 0 unspecified atom stereocenters. The average molecular weight is 421 g/mol. The molecule has 0 saturated carbocycles. The van der Waals surface area contributed by atoms with Gasteiger partial charge in [0.15, 0.2) is 5.11 Å². The summed E-state index contributed by atoms with van der Waals surface area (Å²) in [5, 5.41) is 5.91. The highest BCUT2D eigenvalue weighted by molar-refractivity contribution is 7.80. The first kappa shape index (κ1) is 21.3. The van der Waals surface area contributed by atoms with E-state index in [-0.39, 0.29) is 11.0 Å². The Morgan fingerprint density at radius 2 is 1.70 bits per heavy atom. The van der Waals surface area contributed by atoms with E-state index in [1.807, 2.05) is 67.6 Å². The Morgan fingerprint density at radius 3 is 2.50 bits per heavy atom. The third kappa shape index (κ3) is 6.32. The van der Waals surface area contributed by atoms with Crippen molar-refractivity contribution in [1.29, 1.82) is 0 Å². The van der Waals surface area contributed by atoms with Crippen LogP contribution in [-0.2, 0) is 6.42 Å². The molecule has 6 heteroatoms. The van der Waals surface area contributed by atoms with Gasteiger partial charge in [0.25, 0.3) is 5.91 Å². The second-order valence-corrected chi connectivity index (χ2v) is 6.86. The molecule has 0 aliphatic rings. The Kier molecular flexibility index (Phi) is 7.80. The van der Waals surface area contributed by atoms with Gasteiger partial charge in [-0.3, -0.25) is 10.1 Å². The number of amides is 1. The van der Waals surface area contributed by atoms with Crippen LogP contribution in [0, 0.1) is 0 Å². The van der Waals surface area contributed by atoms with Crippen molar-refractivity contribution in [2.45, 2.75) is 13.3 Å². The molecule has 0 bridgehead atoms. The van der Waals surface area contributed by atoms with Gasteiger partial charge in [-0.1, -0.05) is 48.5 Å². The normalized spacial score (nSPS) is 10.2. The molecule has 0 aliphatic carbocycles. The minimum absolute atomic E-state index is 0.202. The van der Waals surface area contributed by atoms with E-state index in [1.54, 1.807) is 18.2 Å². The second-order valence-electron chi connectivity index (χ2n) is 6.45. The van der Waals surface area contributed by atoms with Crippen molar-refractivity contribution in [3.63, 3.8) is 0 Å². The molecule has 3 aromatic rings. The first-order chi connectivity index (χ1) is 14.7. The highest BCUT2D eigenvalue weighted by Crippen LogP contribution is 2.19. The van der Waals surface area contributed by atoms with Gasteiger partial charge < -0.3 is 14.8 Å². The molecular formula is C24H24N2O3S. The first-order valence-corrected chi connectivity index (χ1v) is 10.2. The number of benzene rings is 3. The molecule has 0 aromatic heterocycles. The number of carbonyl (C=O) groups excluding carboxylic acids is 1. The third-order valence-corrected chi connectivity index (χ3v) is 4.46. The lowest BCUT2D eigenvalue weighted by Crippen LogP contribution is -2.34. The highest BCUT2D eigenvalue weighted by atomic mass is 32.1. The van der Waals surface area contributed by atoms with Crippen LogP contribution in [0.1, 0.15) is 22.8 Å². The van der Waals surface area contributed by atoms with E-state index < -0.39 is 0 Å². The maximum atomic E-state index is 12.7. The van der Waals surface area contributed by atoms with Crippen LogP contribution in [0.25, 0.3) is 0 Å². The van der Waals surface area contributed by atoms with Crippen molar-refractivity contribution in [3.8, 4) is 11.5 Å². The minimum atomic E-state index is -0.330. The number of carbonyl (C=O) groups is 1. The largest absolute Gasteiger partial charge is 0.494 e. The van der Waals surface area contributed by atoms with Crippen molar-refractivity contribution < 1.29 is 14.3 Å². The number of nitrogens with one attached hydrogen (secondary N) is 2. The molecule has 0 aliphatic heterocycles. The first-order valence-electron chi connectivity index (χ1n) is 9.76. The number of hydrogen-bond acceptors (Lipinski definition) is 4. The fourth-order valence-electron chi connectivity index (χ4n) is 2.87. The molecule has 3 aromatic carbocycles. The molecule has 154 valence electrons. The van der Waals surface area contributed by atoms with Crippen LogP contribution in [0.3, 0.4) is 0 Å². The van der Waals surface area contributed by atoms with Crippen LogP contribution in [0.5, 0.6) is 11.5 Å². The monoisotopic (exact) mass is 420 g/mol. The van der Waals surface area contributed by atoms with Gasteiger partial charge in [-0.05, 0) is 49.0 Å². The molecule has 1 amide bonds. The highest BCUT2D eigenvalue weighted by Gasteiger charge is 2.14. The van der Waals surface area contributed by atoms with Crippen LogP contribution in [0.4, 0.5) is 5.69 Å². The summed E-state index contributed by atoms with van der Waals surface area (Å²) in [7, 11) is 0. The van der Waals surface area contributed by atoms with Crippen LogP contribution < -0.4 is 20.1 Å². The molecule has 0 radical (unpaired) electrons. The van der Waals surface area contributed by atoms with Gasteiger partial charge in [-0.2, -0.15) is 0 Å². The van der Waals surface area contributed by atoms with E-state index in [2.05, 4.69) is 10.6 Å². The molecule has 0 saturated heterocycles. The molecule has 0 atom stereocenters. The van der Waals surface area contributed by atoms with Crippen molar-refractivity contribution >= 4 is 28.9 Å². The maximum Gasteiger partial charge on any atom is 0.261 e. The number of anilines is 1. The topological polar surface area (TPSA) is 59.6 Å². The zero-order valence-electron chi connectivity index (χ0n) is 16.8. The quantitative estimate of drug-likeness (QED) is 0.511. The maximum absolute atomic E-state index is 12.7. The Balaban J connectivity index is 1.58. The Hall–Kier alpha value is -3.38. The summed E-state index contributed by atoms with van der Waals surface area (Å²) in [5.74, 6) is 0.921. The van der Waals surface area contributed by atoms with Gasteiger partial charge in [-0.25, -0.2) is 0 Å². The number of rotatable bonds is 8. The Bertz CT molecular complexity index is 993. The number of hydrogen-bond donors (Lipinski definition) is 2. The zero-order chi connectivity index (χ0) is 21.2. The third-order valence-electron chi connectivity index (χ3n) is 4.25. The van der Waals surface area contributed by atoms with Crippen molar-refractivity contribution in [3.05, 3.63) is 90.0 Å². The summed E-state index contributed by atoms with van der Waals surface area (Å²) < 4.78 is 11.3. The summed E-state index contributed by atoms with van der Waals surface area (Å²) in [4.78, 5) is 12.7. The lowest BCUT2D eigenvalue weighted by molar-refractivity contribution is 0.0974. The minimum Gasteiger partial charge on any atom is -0.494 e. The van der Waals surface area contributed by atoms with Gasteiger partial charge in [0.05, 0.1) is 18.8 Å². The predicted molar refractivity (Wildman–Crippen MR) is 123 cm³/mol. The molecule has 5 nitrogen and oxygen atoms in total. The predicted octanol–water partition coefficient (Wildman–Crippen LogP) is 4.83. The molecule has 0 fully saturated rings. The molecular weight excluding hydrogens is 396 g/mol. The van der Waals surface area contributed by atoms with Gasteiger partial charge in [0.2, 0.25) is 0 Å². The zero-order valence-corrected chi connectivity index (χ0v) is 17.6. The van der Waals surface area contributed by atoms with Crippen LogP contribution in [-0.4, -0.2) is 24.2 Å². The lowest BCUT2D eigenvalue weighted by Gasteiger charge is -2.13. The van der Waals surface area contributed by atoms with E-state index >= 15 is 0 Å². The van der Waals surface area contributed by atoms with Crippen LogP contribution in [0.2, 0.25) is 0 Å². The fourth-order valence-corrected chi connectivity index (χ4v) is 3.08. The lowest BCUT2D eigenvalue weighted by atomic mass is 10.1. The van der Waals surface area contributed by atoms with Gasteiger partial charge in [0.1, 0.15) is 11.5 Å². The summed E-state index contributed by atoms with van der Waals surface area (Å²) in [6.07, 6.45) is 0.757. The van der Waals surface area contributed by atoms with E-state index in [1.165, 1.54) is 5.56 Å². The average Bonchev–Trinajstić information content (AvgIpc) is 2.75.